The summed E-state index contributed by atoms with van der Waals surface area (Å²) < 4.78 is 35.1. The number of pyridine rings is 1. The Morgan fingerprint density at radius 1 is 1.11 bits per heavy atom. The molecule has 0 unspecified atom stereocenters. The van der Waals surface area contributed by atoms with Crippen LogP contribution in [0.5, 0.6) is 11.5 Å². The third-order valence-corrected chi connectivity index (χ3v) is 4.51. The van der Waals surface area contributed by atoms with Crippen LogP contribution in [0.4, 0.5) is 8.78 Å². The number of aromatic nitrogens is 3. The predicted molar refractivity (Wildman–Crippen MR) is 100.0 cm³/mol. The minimum absolute atomic E-state index is 0.133. The summed E-state index contributed by atoms with van der Waals surface area (Å²) in [6.45, 7) is 1.61. The second-order valence-electron chi connectivity index (χ2n) is 6.19. The smallest absolute Gasteiger partial charge is 0.235 e. The minimum Gasteiger partial charge on any atom is -0.503 e. The number of aromatic hydroxyl groups is 1. The van der Waals surface area contributed by atoms with E-state index in [1.807, 2.05) is 0 Å². The molecule has 6 nitrogen and oxygen atoms in total. The summed E-state index contributed by atoms with van der Waals surface area (Å²) in [5.74, 6) is -1.94. The minimum atomic E-state index is -0.905. The van der Waals surface area contributed by atoms with Gasteiger partial charge in [-0.05, 0) is 43.3 Å². The van der Waals surface area contributed by atoms with E-state index in [1.54, 1.807) is 31.2 Å². The summed E-state index contributed by atoms with van der Waals surface area (Å²) >= 11 is 0. The van der Waals surface area contributed by atoms with E-state index in [9.17, 15) is 18.7 Å². The van der Waals surface area contributed by atoms with Gasteiger partial charge in [-0.1, -0.05) is 6.07 Å². The van der Waals surface area contributed by atoms with E-state index in [0.717, 1.165) is 12.1 Å². The molecular weight excluding hydrogens is 368 g/mol. The highest BCUT2D eigenvalue weighted by Crippen LogP contribution is 2.32. The van der Waals surface area contributed by atoms with Crippen LogP contribution in [0.3, 0.4) is 0 Å². The number of rotatable bonds is 3. The average Bonchev–Trinajstić information content (AvgIpc) is 3.02. The molecule has 0 aliphatic heterocycles. The van der Waals surface area contributed by atoms with Gasteiger partial charge in [-0.15, -0.1) is 0 Å². The van der Waals surface area contributed by atoms with Crippen molar-refractivity contribution < 1.29 is 18.6 Å². The van der Waals surface area contributed by atoms with Gasteiger partial charge in [0.1, 0.15) is 23.0 Å². The molecule has 0 aliphatic rings. The van der Waals surface area contributed by atoms with Crippen molar-refractivity contribution in [2.24, 2.45) is 0 Å². The van der Waals surface area contributed by atoms with Crippen LogP contribution in [0.1, 0.15) is 5.69 Å². The van der Waals surface area contributed by atoms with E-state index >= 15 is 0 Å². The fourth-order valence-corrected chi connectivity index (χ4v) is 3.15. The van der Waals surface area contributed by atoms with Crippen LogP contribution >= 0.6 is 0 Å². The molecule has 2 N–H and O–H groups in total. The van der Waals surface area contributed by atoms with Gasteiger partial charge in [-0.2, -0.15) is 5.10 Å². The van der Waals surface area contributed by atoms with E-state index < -0.39 is 28.4 Å². The summed E-state index contributed by atoms with van der Waals surface area (Å²) in [7, 11) is 1.54. The molecule has 0 saturated carbocycles. The maximum atomic E-state index is 14.3. The van der Waals surface area contributed by atoms with E-state index in [-0.39, 0.29) is 16.7 Å². The number of ether oxygens (including phenoxy) is 1. The molecule has 28 heavy (non-hydrogen) atoms. The van der Waals surface area contributed by atoms with Crippen molar-refractivity contribution in [2.45, 2.75) is 6.92 Å². The summed E-state index contributed by atoms with van der Waals surface area (Å²) in [4.78, 5) is 15.5. The topological polar surface area (TPSA) is 80.1 Å². The van der Waals surface area contributed by atoms with Crippen LogP contribution in [0.15, 0.2) is 47.3 Å². The molecule has 4 aromatic rings. The first-order valence-electron chi connectivity index (χ1n) is 8.35. The van der Waals surface area contributed by atoms with Gasteiger partial charge < -0.3 is 14.8 Å². The van der Waals surface area contributed by atoms with Gasteiger partial charge in [-0.25, -0.2) is 13.5 Å². The molecule has 2 aromatic carbocycles. The largest absolute Gasteiger partial charge is 0.503 e. The lowest BCUT2D eigenvalue weighted by atomic mass is 10.1. The molecule has 0 amide bonds. The van der Waals surface area contributed by atoms with Crippen molar-refractivity contribution in [3.05, 3.63) is 70.0 Å². The number of fused-ring (bicyclic) bond motifs is 1. The van der Waals surface area contributed by atoms with E-state index in [4.69, 9.17) is 4.74 Å². The summed E-state index contributed by atoms with van der Waals surface area (Å²) in [5, 5.41) is 14.8. The molecule has 0 bridgehead atoms. The molecule has 0 aliphatic carbocycles. The zero-order valence-corrected chi connectivity index (χ0v) is 15.0. The molecule has 0 fully saturated rings. The van der Waals surface area contributed by atoms with Gasteiger partial charge in [0.15, 0.2) is 5.75 Å². The molecule has 2 heterocycles. The average molecular weight is 383 g/mol. The number of H-pyrrole nitrogens is 1. The summed E-state index contributed by atoms with van der Waals surface area (Å²) in [5.41, 5.74) is -0.447. The summed E-state index contributed by atoms with van der Waals surface area (Å²) in [6.07, 6.45) is 0. The standard InChI is InChI=1S/C20H15F2N3O3/c1-10-15-18(26)19(27)17(16-13(21)4-3-5-14(16)22)23-20(15)25(24-10)11-6-8-12(28-2)9-7-11/h3-9,27H,1-2H3,(H,23,26). The third kappa shape index (κ3) is 2.61. The normalized spacial score (nSPS) is 11.1. The molecule has 0 saturated heterocycles. The van der Waals surface area contributed by atoms with Crippen molar-refractivity contribution in [3.63, 3.8) is 0 Å². The van der Waals surface area contributed by atoms with Gasteiger partial charge in [-0.3, -0.25) is 4.79 Å². The quantitative estimate of drug-likeness (QED) is 0.566. The third-order valence-electron chi connectivity index (χ3n) is 4.51. The highest BCUT2D eigenvalue weighted by atomic mass is 19.1. The zero-order chi connectivity index (χ0) is 20.0. The maximum Gasteiger partial charge on any atom is 0.235 e. The van der Waals surface area contributed by atoms with Crippen LogP contribution < -0.4 is 10.2 Å². The first-order chi connectivity index (χ1) is 13.4. The highest BCUT2D eigenvalue weighted by molar-refractivity contribution is 5.85. The Balaban J connectivity index is 2.05. The second-order valence-corrected chi connectivity index (χ2v) is 6.19. The molecule has 2 aromatic heterocycles. The lowest BCUT2D eigenvalue weighted by molar-refractivity contribution is 0.414. The Labute approximate surface area is 157 Å². The fourth-order valence-electron chi connectivity index (χ4n) is 3.15. The SMILES string of the molecule is COc1ccc(-n2nc(C)c3c(=O)c(O)c(-c4c(F)cccc4F)[nH]c32)cc1. The van der Waals surface area contributed by atoms with Crippen molar-refractivity contribution in [1.29, 1.82) is 0 Å². The van der Waals surface area contributed by atoms with E-state index in [0.29, 0.717) is 17.1 Å². The van der Waals surface area contributed by atoms with Crippen molar-refractivity contribution >= 4 is 11.0 Å². The monoisotopic (exact) mass is 383 g/mol. The highest BCUT2D eigenvalue weighted by Gasteiger charge is 2.23. The molecule has 0 spiro atoms. The van der Waals surface area contributed by atoms with Gasteiger partial charge in [0.25, 0.3) is 0 Å². The second kappa shape index (κ2) is 6.49. The number of nitrogens with one attached hydrogen (secondary N) is 1. The number of nitrogens with zero attached hydrogens (tertiary/aromatic N) is 2. The predicted octanol–water partition coefficient (Wildman–Crippen LogP) is 3.68. The molecule has 142 valence electrons. The van der Waals surface area contributed by atoms with Crippen LogP contribution in [0, 0.1) is 18.6 Å². The first-order valence-corrected chi connectivity index (χ1v) is 8.35. The Morgan fingerprint density at radius 3 is 2.36 bits per heavy atom. The molecule has 0 atom stereocenters. The molecule has 0 radical (unpaired) electrons. The summed E-state index contributed by atoms with van der Waals surface area (Å²) in [6, 6.07) is 10.2. The number of aromatic amines is 1. The van der Waals surface area contributed by atoms with Crippen molar-refractivity contribution in [2.75, 3.05) is 7.11 Å². The number of hydrogen-bond acceptors (Lipinski definition) is 4. The number of hydrogen-bond donors (Lipinski definition) is 2. The van der Waals surface area contributed by atoms with Crippen LogP contribution in [-0.2, 0) is 0 Å². The van der Waals surface area contributed by atoms with Crippen LogP contribution in [-0.4, -0.2) is 27.0 Å². The Bertz CT molecular complexity index is 1240. The molecule has 8 heteroatoms. The van der Waals surface area contributed by atoms with E-state index in [2.05, 4.69) is 10.1 Å². The lowest BCUT2D eigenvalue weighted by Crippen LogP contribution is -2.08. The number of benzene rings is 2. The first kappa shape index (κ1) is 17.7. The molecule has 4 rings (SSSR count). The van der Waals surface area contributed by atoms with Crippen LogP contribution in [0.25, 0.3) is 28.0 Å². The fraction of sp³-hybridized carbons (Fsp3) is 0.100. The lowest BCUT2D eigenvalue weighted by Gasteiger charge is -2.10. The number of aryl methyl sites for hydroxylation is 1. The van der Waals surface area contributed by atoms with E-state index in [1.165, 1.54) is 17.9 Å². The van der Waals surface area contributed by atoms with Gasteiger partial charge in [0, 0.05) is 0 Å². The number of methoxy groups -OCH3 is 1. The van der Waals surface area contributed by atoms with Gasteiger partial charge in [0.05, 0.1) is 35.1 Å². The van der Waals surface area contributed by atoms with Gasteiger partial charge >= 0.3 is 0 Å². The Morgan fingerprint density at radius 2 is 1.75 bits per heavy atom. The Kier molecular flexibility index (Phi) is 4.11. The van der Waals surface area contributed by atoms with Crippen LogP contribution in [0.2, 0.25) is 0 Å². The Hall–Kier alpha value is -3.68. The van der Waals surface area contributed by atoms with Gasteiger partial charge in [0.2, 0.25) is 5.43 Å². The maximum absolute atomic E-state index is 14.3. The van der Waals surface area contributed by atoms with Crippen molar-refractivity contribution in [1.82, 2.24) is 14.8 Å². The van der Waals surface area contributed by atoms with Crippen molar-refractivity contribution in [3.8, 4) is 28.4 Å². The number of halogens is 2. The zero-order valence-electron chi connectivity index (χ0n) is 15.0. The molecular formula is C20H15F2N3O3.